The van der Waals surface area contributed by atoms with E-state index in [4.69, 9.17) is 16.3 Å². The largest absolute Gasteiger partial charge is 0.504 e. The Balaban J connectivity index is 3.27. The number of phenolic OH excluding ortho intramolecular Hbond substituents is 1. The van der Waals surface area contributed by atoms with Crippen LogP contribution in [0.2, 0.25) is 5.02 Å². The SMILES string of the molecule is CCOC(=O)C(O)c1cc(Cl)c(O)c(F)c1OC. The highest BCUT2D eigenvalue weighted by Gasteiger charge is 2.27. The topological polar surface area (TPSA) is 76.0 Å². The van der Waals surface area contributed by atoms with Crippen LogP contribution in [0, 0.1) is 5.82 Å². The van der Waals surface area contributed by atoms with E-state index >= 15 is 0 Å². The fourth-order valence-electron chi connectivity index (χ4n) is 1.37. The second kappa shape index (κ2) is 5.88. The van der Waals surface area contributed by atoms with Crippen LogP contribution in [0.5, 0.6) is 11.5 Å². The molecule has 18 heavy (non-hydrogen) atoms. The monoisotopic (exact) mass is 278 g/mol. The molecule has 0 bridgehead atoms. The molecule has 1 atom stereocenters. The van der Waals surface area contributed by atoms with Crippen molar-refractivity contribution in [2.24, 2.45) is 0 Å². The Labute approximate surface area is 108 Å². The van der Waals surface area contributed by atoms with E-state index in [-0.39, 0.29) is 17.2 Å². The summed E-state index contributed by atoms with van der Waals surface area (Å²) in [6.07, 6.45) is -1.74. The molecule has 0 heterocycles. The van der Waals surface area contributed by atoms with Gasteiger partial charge in [-0.3, -0.25) is 0 Å². The molecule has 0 aliphatic rings. The molecule has 5 nitrogen and oxygen atoms in total. The Morgan fingerprint density at radius 1 is 1.61 bits per heavy atom. The van der Waals surface area contributed by atoms with E-state index in [9.17, 15) is 19.4 Å². The average molecular weight is 279 g/mol. The zero-order valence-electron chi connectivity index (χ0n) is 9.74. The summed E-state index contributed by atoms with van der Waals surface area (Å²) in [4.78, 5) is 11.4. The van der Waals surface area contributed by atoms with Crippen LogP contribution in [0.3, 0.4) is 0 Å². The first-order valence-electron chi connectivity index (χ1n) is 5.03. The minimum atomic E-state index is -1.74. The average Bonchev–Trinajstić information content (AvgIpc) is 2.35. The highest BCUT2D eigenvalue weighted by atomic mass is 35.5. The van der Waals surface area contributed by atoms with Crippen molar-refractivity contribution in [3.05, 3.63) is 22.5 Å². The number of rotatable bonds is 4. The predicted molar refractivity (Wildman–Crippen MR) is 61.2 cm³/mol. The van der Waals surface area contributed by atoms with Crippen molar-refractivity contribution >= 4 is 17.6 Å². The van der Waals surface area contributed by atoms with Gasteiger partial charge in [0.25, 0.3) is 0 Å². The quantitative estimate of drug-likeness (QED) is 0.821. The molecule has 0 aliphatic heterocycles. The third-order valence-electron chi connectivity index (χ3n) is 2.19. The van der Waals surface area contributed by atoms with Gasteiger partial charge in [0.1, 0.15) is 0 Å². The minimum Gasteiger partial charge on any atom is -0.504 e. The van der Waals surface area contributed by atoms with Crippen molar-refractivity contribution in [2.45, 2.75) is 13.0 Å². The second-order valence-corrected chi connectivity index (χ2v) is 3.71. The number of phenols is 1. The number of methoxy groups -OCH3 is 1. The van der Waals surface area contributed by atoms with Crippen molar-refractivity contribution in [3.63, 3.8) is 0 Å². The number of carbonyl (C=O) groups is 1. The minimum absolute atomic E-state index is 0.0620. The number of hydrogen-bond donors (Lipinski definition) is 2. The van der Waals surface area contributed by atoms with E-state index in [1.54, 1.807) is 6.92 Å². The number of aliphatic hydroxyl groups is 1. The van der Waals surface area contributed by atoms with E-state index in [2.05, 4.69) is 4.74 Å². The molecule has 0 aliphatic carbocycles. The molecule has 7 heteroatoms. The van der Waals surface area contributed by atoms with Crippen molar-refractivity contribution in [2.75, 3.05) is 13.7 Å². The summed E-state index contributed by atoms with van der Waals surface area (Å²) in [5.41, 5.74) is -0.212. The highest BCUT2D eigenvalue weighted by Crippen LogP contribution is 2.39. The van der Waals surface area contributed by atoms with Crippen LogP contribution in [-0.4, -0.2) is 29.9 Å². The number of esters is 1. The van der Waals surface area contributed by atoms with Crippen LogP contribution >= 0.6 is 11.6 Å². The van der Waals surface area contributed by atoms with Crippen molar-refractivity contribution in [3.8, 4) is 11.5 Å². The Morgan fingerprint density at radius 3 is 2.72 bits per heavy atom. The molecule has 0 fully saturated rings. The normalized spacial score (nSPS) is 12.1. The van der Waals surface area contributed by atoms with Gasteiger partial charge in [0.15, 0.2) is 17.6 Å². The number of hydrogen-bond acceptors (Lipinski definition) is 5. The van der Waals surface area contributed by atoms with Gasteiger partial charge in [-0.05, 0) is 13.0 Å². The van der Waals surface area contributed by atoms with Gasteiger partial charge in [0, 0.05) is 5.56 Å². The van der Waals surface area contributed by atoms with E-state index < -0.39 is 29.4 Å². The summed E-state index contributed by atoms with van der Waals surface area (Å²) < 4.78 is 22.9. The molecular formula is C11H12ClFO5. The molecule has 0 saturated carbocycles. The molecule has 1 aromatic carbocycles. The summed E-state index contributed by atoms with van der Waals surface area (Å²) >= 11 is 5.57. The van der Waals surface area contributed by atoms with Gasteiger partial charge in [-0.1, -0.05) is 11.6 Å². The number of aliphatic hydroxyl groups excluding tert-OH is 1. The van der Waals surface area contributed by atoms with Gasteiger partial charge in [-0.15, -0.1) is 0 Å². The number of ether oxygens (including phenoxy) is 2. The van der Waals surface area contributed by atoms with Crippen LogP contribution in [0.1, 0.15) is 18.6 Å². The highest BCUT2D eigenvalue weighted by molar-refractivity contribution is 6.32. The van der Waals surface area contributed by atoms with E-state index in [1.165, 1.54) is 0 Å². The summed E-state index contributed by atoms with van der Waals surface area (Å²) in [6, 6.07) is 1.04. The molecule has 0 spiro atoms. The number of halogens is 2. The summed E-state index contributed by atoms with van der Waals surface area (Å²) in [5, 5.41) is 18.7. The molecule has 2 N–H and O–H groups in total. The fourth-order valence-corrected chi connectivity index (χ4v) is 1.57. The predicted octanol–water partition coefficient (Wildman–Crippen LogP) is 1.79. The summed E-state index contributed by atoms with van der Waals surface area (Å²) in [7, 11) is 1.13. The summed E-state index contributed by atoms with van der Waals surface area (Å²) in [5.74, 6) is -3.38. The van der Waals surface area contributed by atoms with Crippen LogP contribution in [0.15, 0.2) is 6.07 Å². The standard InChI is InChI=1S/C11H12ClFO5/c1-3-18-11(16)8(14)5-4-6(12)9(15)7(13)10(5)17-2/h4,8,14-15H,3H2,1-2H3. The van der Waals surface area contributed by atoms with Gasteiger partial charge in [0.05, 0.1) is 18.7 Å². The van der Waals surface area contributed by atoms with Crippen molar-refractivity contribution in [1.82, 2.24) is 0 Å². The molecule has 1 rings (SSSR count). The molecule has 0 radical (unpaired) electrons. The lowest BCUT2D eigenvalue weighted by Crippen LogP contribution is -2.16. The van der Waals surface area contributed by atoms with Gasteiger partial charge in [-0.25, -0.2) is 4.79 Å². The van der Waals surface area contributed by atoms with E-state index in [1.807, 2.05) is 0 Å². The maximum atomic E-state index is 13.6. The zero-order valence-corrected chi connectivity index (χ0v) is 10.5. The van der Waals surface area contributed by atoms with Crippen LogP contribution in [0.4, 0.5) is 4.39 Å². The lowest BCUT2D eigenvalue weighted by molar-refractivity contribution is -0.153. The molecule has 1 unspecified atom stereocenters. The third kappa shape index (κ3) is 2.65. The van der Waals surface area contributed by atoms with Crippen molar-refractivity contribution < 1.29 is 28.9 Å². The van der Waals surface area contributed by atoms with Crippen LogP contribution < -0.4 is 4.74 Å². The summed E-state index contributed by atoms with van der Waals surface area (Å²) in [6.45, 7) is 1.62. The van der Waals surface area contributed by atoms with Crippen LogP contribution in [0.25, 0.3) is 0 Å². The van der Waals surface area contributed by atoms with Crippen molar-refractivity contribution in [1.29, 1.82) is 0 Å². The maximum Gasteiger partial charge on any atom is 0.339 e. The molecule has 1 aromatic rings. The first-order chi connectivity index (χ1) is 8.43. The molecular weight excluding hydrogens is 267 g/mol. The Morgan fingerprint density at radius 2 is 2.22 bits per heavy atom. The third-order valence-corrected chi connectivity index (χ3v) is 2.47. The Bertz CT molecular complexity index is 463. The molecule has 0 aromatic heterocycles. The molecule has 100 valence electrons. The first-order valence-corrected chi connectivity index (χ1v) is 5.41. The van der Waals surface area contributed by atoms with E-state index in [0.717, 1.165) is 13.2 Å². The number of aromatic hydroxyl groups is 1. The van der Waals surface area contributed by atoms with Gasteiger partial charge >= 0.3 is 5.97 Å². The van der Waals surface area contributed by atoms with Crippen LogP contribution in [-0.2, 0) is 9.53 Å². The zero-order chi connectivity index (χ0) is 13.9. The lowest BCUT2D eigenvalue weighted by Gasteiger charge is -2.15. The Kier molecular flexibility index (Phi) is 4.75. The smallest absolute Gasteiger partial charge is 0.339 e. The molecule has 0 amide bonds. The maximum absolute atomic E-state index is 13.6. The number of carbonyl (C=O) groups excluding carboxylic acids is 1. The number of benzene rings is 1. The van der Waals surface area contributed by atoms with E-state index in [0.29, 0.717) is 0 Å². The van der Waals surface area contributed by atoms with Gasteiger partial charge in [-0.2, -0.15) is 4.39 Å². The lowest BCUT2D eigenvalue weighted by atomic mass is 10.1. The fraction of sp³-hybridized carbons (Fsp3) is 0.364. The van der Waals surface area contributed by atoms with Gasteiger partial charge < -0.3 is 19.7 Å². The van der Waals surface area contributed by atoms with Gasteiger partial charge in [0.2, 0.25) is 5.82 Å². The molecule has 0 saturated heterocycles. The first kappa shape index (κ1) is 14.5. The Hall–Kier alpha value is -1.53. The second-order valence-electron chi connectivity index (χ2n) is 3.30.